The Balaban J connectivity index is 0.00000341. The van der Waals surface area contributed by atoms with Crippen LogP contribution in [0.25, 0.3) is 0 Å². The molecule has 0 saturated carbocycles. The predicted molar refractivity (Wildman–Crippen MR) is 129 cm³/mol. The summed E-state index contributed by atoms with van der Waals surface area (Å²) in [5, 5.41) is 9.51. The zero-order valence-corrected chi connectivity index (χ0v) is 19.8. The molecule has 0 spiro atoms. The Bertz CT molecular complexity index is 753. The van der Waals surface area contributed by atoms with Gasteiger partial charge in [-0.2, -0.15) is 0 Å². The van der Waals surface area contributed by atoms with Crippen molar-refractivity contribution >= 4 is 30.1 Å². The van der Waals surface area contributed by atoms with Gasteiger partial charge in [-0.25, -0.2) is 0 Å². The molecule has 31 heavy (non-hydrogen) atoms. The Kier molecular flexibility index (Phi) is 10.5. The summed E-state index contributed by atoms with van der Waals surface area (Å²) < 4.78 is 10.6. The molecule has 170 valence electrons. The smallest absolute Gasteiger partial charge is 0.307 e. The molecular weight excluding hydrogens is 434 g/mol. The van der Waals surface area contributed by atoms with Crippen LogP contribution in [0.15, 0.2) is 48.5 Å². The molecule has 1 aliphatic heterocycles. The van der Waals surface area contributed by atoms with E-state index in [9.17, 15) is 9.90 Å². The van der Waals surface area contributed by atoms with Gasteiger partial charge in [0.05, 0.1) is 25.4 Å². The van der Waals surface area contributed by atoms with Gasteiger partial charge in [0.15, 0.2) is 0 Å². The van der Waals surface area contributed by atoms with Crippen molar-refractivity contribution in [2.24, 2.45) is 5.92 Å². The third-order valence-corrected chi connectivity index (χ3v) is 7.00. The number of hydrogen-bond donors (Lipinski definition) is 1. The molecule has 1 fully saturated rings. The number of likely N-dealkylation sites (tertiary alicyclic amines) is 1. The van der Waals surface area contributed by atoms with E-state index in [-0.39, 0.29) is 23.6 Å². The fraction of sp³-hybridized carbons (Fsp3) is 0.458. The van der Waals surface area contributed by atoms with Gasteiger partial charge in [0.2, 0.25) is 0 Å². The third kappa shape index (κ3) is 7.34. The van der Waals surface area contributed by atoms with Crippen LogP contribution in [0.3, 0.4) is 0 Å². The van der Waals surface area contributed by atoms with E-state index in [1.54, 1.807) is 14.2 Å². The van der Waals surface area contributed by atoms with Crippen LogP contribution in [0.1, 0.15) is 35.6 Å². The van der Waals surface area contributed by atoms with Crippen LogP contribution in [0.4, 0.5) is 0 Å². The van der Waals surface area contributed by atoms with E-state index < -0.39 is 5.97 Å². The molecule has 0 aromatic heterocycles. The highest BCUT2D eigenvalue weighted by Gasteiger charge is 2.25. The zero-order valence-electron chi connectivity index (χ0n) is 18.2. The van der Waals surface area contributed by atoms with Gasteiger partial charge in [0, 0.05) is 6.54 Å². The lowest BCUT2D eigenvalue weighted by molar-refractivity contribution is -0.143. The standard InChI is InChI=1S/C24H31NO4S.ClH/c1-28-21-10-6-18(7-11-21)23(19-8-12-22(29-2)13-9-19)30-16-4-15-25-14-3-5-20(17-25)24(26)27;/h6-13,20,23H,3-5,14-17H2,1-2H3,(H,26,27);1H/t20-;/m1./s1. The van der Waals surface area contributed by atoms with Crippen LogP contribution in [-0.4, -0.2) is 55.6 Å². The number of carboxylic acid groups (broad SMARTS) is 1. The lowest BCUT2D eigenvalue weighted by Crippen LogP contribution is -2.39. The van der Waals surface area contributed by atoms with Crippen molar-refractivity contribution in [1.29, 1.82) is 0 Å². The number of rotatable bonds is 10. The Hall–Kier alpha value is -1.89. The van der Waals surface area contributed by atoms with Crippen molar-refractivity contribution < 1.29 is 19.4 Å². The minimum absolute atomic E-state index is 0. The topological polar surface area (TPSA) is 59.0 Å². The van der Waals surface area contributed by atoms with E-state index in [1.807, 2.05) is 36.0 Å². The molecule has 1 heterocycles. The van der Waals surface area contributed by atoms with Gasteiger partial charge in [-0.3, -0.25) is 4.79 Å². The quantitative estimate of drug-likeness (QED) is 0.490. The molecule has 0 amide bonds. The van der Waals surface area contributed by atoms with Crippen LogP contribution < -0.4 is 9.47 Å². The molecule has 0 radical (unpaired) electrons. The molecule has 0 aliphatic carbocycles. The number of aliphatic carboxylic acids is 1. The van der Waals surface area contributed by atoms with Crippen molar-refractivity contribution in [2.75, 3.05) is 39.6 Å². The summed E-state index contributed by atoms with van der Waals surface area (Å²) in [6.45, 7) is 2.64. The Morgan fingerprint density at radius 3 is 2.10 bits per heavy atom. The van der Waals surface area contributed by atoms with E-state index in [0.717, 1.165) is 49.6 Å². The Labute approximate surface area is 195 Å². The number of halogens is 1. The molecule has 1 aliphatic rings. The van der Waals surface area contributed by atoms with Crippen molar-refractivity contribution in [3.05, 3.63) is 59.7 Å². The Morgan fingerprint density at radius 2 is 1.61 bits per heavy atom. The van der Waals surface area contributed by atoms with Gasteiger partial charge < -0.3 is 19.5 Å². The second-order valence-corrected chi connectivity index (χ2v) is 8.84. The van der Waals surface area contributed by atoms with Crippen LogP contribution in [-0.2, 0) is 4.79 Å². The number of carbonyl (C=O) groups is 1. The van der Waals surface area contributed by atoms with E-state index in [4.69, 9.17) is 9.47 Å². The molecule has 1 atom stereocenters. The van der Waals surface area contributed by atoms with Crippen LogP contribution in [0.5, 0.6) is 11.5 Å². The lowest BCUT2D eigenvalue weighted by atomic mass is 9.98. The number of benzene rings is 2. The summed E-state index contributed by atoms with van der Waals surface area (Å²) in [4.78, 5) is 13.6. The summed E-state index contributed by atoms with van der Waals surface area (Å²) in [5.41, 5.74) is 2.49. The summed E-state index contributed by atoms with van der Waals surface area (Å²) in [6, 6.07) is 16.5. The number of methoxy groups -OCH3 is 2. The predicted octanol–water partition coefficient (Wildman–Crippen LogP) is 5.13. The first-order valence-corrected chi connectivity index (χ1v) is 11.5. The zero-order chi connectivity index (χ0) is 21.3. The molecule has 1 N–H and O–H groups in total. The van der Waals surface area contributed by atoms with Gasteiger partial charge in [-0.1, -0.05) is 24.3 Å². The second-order valence-electron chi connectivity index (χ2n) is 7.63. The molecule has 2 aromatic rings. The molecule has 0 bridgehead atoms. The first kappa shape index (κ1) is 25.4. The average molecular weight is 466 g/mol. The van der Waals surface area contributed by atoms with E-state index in [0.29, 0.717) is 6.54 Å². The van der Waals surface area contributed by atoms with Crippen molar-refractivity contribution in [2.45, 2.75) is 24.5 Å². The van der Waals surface area contributed by atoms with E-state index in [2.05, 4.69) is 29.2 Å². The first-order valence-electron chi connectivity index (χ1n) is 10.5. The Morgan fingerprint density at radius 1 is 1.06 bits per heavy atom. The number of ether oxygens (including phenoxy) is 2. The number of hydrogen-bond acceptors (Lipinski definition) is 5. The second kappa shape index (κ2) is 12.8. The minimum atomic E-state index is -0.659. The normalized spacial score (nSPS) is 16.5. The van der Waals surface area contributed by atoms with E-state index in [1.165, 1.54) is 11.1 Å². The summed E-state index contributed by atoms with van der Waals surface area (Å²) in [7, 11) is 3.36. The van der Waals surface area contributed by atoms with Crippen LogP contribution >= 0.6 is 24.2 Å². The summed E-state index contributed by atoms with van der Waals surface area (Å²) >= 11 is 1.93. The molecule has 3 rings (SSSR count). The van der Waals surface area contributed by atoms with Gasteiger partial charge in [-0.05, 0) is 73.5 Å². The highest BCUT2D eigenvalue weighted by atomic mass is 35.5. The maximum absolute atomic E-state index is 11.3. The fourth-order valence-electron chi connectivity index (χ4n) is 3.89. The van der Waals surface area contributed by atoms with Crippen molar-refractivity contribution in [3.8, 4) is 11.5 Å². The minimum Gasteiger partial charge on any atom is -0.497 e. The largest absolute Gasteiger partial charge is 0.497 e. The molecule has 5 nitrogen and oxygen atoms in total. The maximum atomic E-state index is 11.3. The van der Waals surface area contributed by atoms with Crippen molar-refractivity contribution in [1.82, 2.24) is 4.90 Å². The lowest BCUT2D eigenvalue weighted by Gasteiger charge is -2.30. The van der Waals surface area contributed by atoms with Gasteiger partial charge in [0.1, 0.15) is 11.5 Å². The maximum Gasteiger partial charge on any atom is 0.307 e. The monoisotopic (exact) mass is 465 g/mol. The highest BCUT2D eigenvalue weighted by molar-refractivity contribution is 7.99. The van der Waals surface area contributed by atoms with Crippen molar-refractivity contribution in [3.63, 3.8) is 0 Å². The molecule has 7 heteroatoms. The molecule has 1 saturated heterocycles. The molecule has 2 aromatic carbocycles. The highest BCUT2D eigenvalue weighted by Crippen LogP contribution is 2.37. The first-order chi connectivity index (χ1) is 14.6. The third-order valence-electron chi connectivity index (χ3n) is 5.60. The molecule has 0 unspecified atom stereocenters. The fourth-order valence-corrected chi connectivity index (χ4v) is 5.12. The molecular formula is C24H32ClNO4S. The van der Waals surface area contributed by atoms with Gasteiger partial charge >= 0.3 is 5.97 Å². The van der Waals surface area contributed by atoms with Gasteiger partial charge in [0.25, 0.3) is 0 Å². The number of piperidine rings is 1. The SMILES string of the molecule is COc1ccc(C(SCCCN2CCC[C@@H](C(=O)O)C2)c2ccc(OC)cc2)cc1.Cl. The van der Waals surface area contributed by atoms with E-state index >= 15 is 0 Å². The number of nitrogens with zero attached hydrogens (tertiary/aromatic N) is 1. The number of carboxylic acids is 1. The van der Waals surface area contributed by atoms with Crippen LogP contribution in [0, 0.1) is 5.92 Å². The number of thioether (sulfide) groups is 1. The van der Waals surface area contributed by atoms with Crippen LogP contribution in [0.2, 0.25) is 0 Å². The van der Waals surface area contributed by atoms with Gasteiger partial charge in [-0.15, -0.1) is 24.2 Å². The average Bonchev–Trinajstić information content (AvgIpc) is 2.79. The summed E-state index contributed by atoms with van der Waals surface area (Å²) in [5.74, 6) is 1.85. The summed E-state index contributed by atoms with van der Waals surface area (Å²) in [6.07, 6.45) is 2.82.